The van der Waals surface area contributed by atoms with Crippen molar-refractivity contribution in [3.05, 3.63) is 0 Å². The molecule has 1 rings (SSSR count). The Morgan fingerprint density at radius 2 is 2.14 bits per heavy atom. The number of rotatable bonds is 4. The predicted molar refractivity (Wildman–Crippen MR) is 49.7 cm³/mol. The second-order valence-electron chi connectivity index (χ2n) is 3.73. The molecule has 0 amide bonds. The molecular weight excluding hydrogens is 187 g/mol. The zero-order valence-corrected chi connectivity index (χ0v) is 7.93. The van der Waals surface area contributed by atoms with Crippen molar-refractivity contribution in [2.24, 2.45) is 11.8 Å². The molecule has 1 aliphatic heterocycles. The number of hydrogen-bond acceptors (Lipinski definition) is 4. The molecule has 1 fully saturated rings. The standard InChI is InChI=1S/C8H15BO5/c10-8(11)7-3-6(4-14-5-7)1-2-9(12)13/h6-7,12-13H,1-5H2,(H,10,11)/t6-,7-/m0/s1. The Kier molecular flexibility index (Phi) is 4.38. The molecule has 0 unspecified atom stereocenters. The predicted octanol–water partition coefficient (Wildman–Crippen LogP) is -0.413. The molecule has 0 spiro atoms. The maximum Gasteiger partial charge on any atom is 0.451 e. The molecule has 14 heavy (non-hydrogen) atoms. The molecule has 3 N–H and O–H groups in total. The summed E-state index contributed by atoms with van der Waals surface area (Å²) < 4.78 is 5.14. The Morgan fingerprint density at radius 1 is 1.43 bits per heavy atom. The molecule has 1 saturated heterocycles. The quantitative estimate of drug-likeness (QED) is 0.539. The van der Waals surface area contributed by atoms with Crippen LogP contribution in [0.1, 0.15) is 12.8 Å². The summed E-state index contributed by atoms with van der Waals surface area (Å²) in [5.74, 6) is -1.14. The molecule has 0 radical (unpaired) electrons. The number of aliphatic carboxylic acids is 1. The van der Waals surface area contributed by atoms with Crippen molar-refractivity contribution >= 4 is 13.1 Å². The summed E-state index contributed by atoms with van der Waals surface area (Å²) >= 11 is 0. The number of carboxylic acid groups (broad SMARTS) is 1. The van der Waals surface area contributed by atoms with Crippen LogP contribution < -0.4 is 0 Å². The maximum atomic E-state index is 10.7. The third-order valence-electron chi connectivity index (χ3n) is 2.47. The summed E-state index contributed by atoms with van der Waals surface area (Å²) in [5, 5.41) is 26.1. The fourth-order valence-corrected chi connectivity index (χ4v) is 1.67. The third-order valence-corrected chi connectivity index (χ3v) is 2.47. The third kappa shape index (κ3) is 3.65. The average Bonchev–Trinajstić information content (AvgIpc) is 2.15. The summed E-state index contributed by atoms with van der Waals surface area (Å²) in [7, 11) is -1.31. The molecule has 0 aliphatic carbocycles. The Balaban J connectivity index is 2.29. The van der Waals surface area contributed by atoms with E-state index in [0.29, 0.717) is 19.4 Å². The summed E-state index contributed by atoms with van der Waals surface area (Å²) in [6, 6.07) is 0. The van der Waals surface area contributed by atoms with Gasteiger partial charge in [0.15, 0.2) is 0 Å². The van der Waals surface area contributed by atoms with Gasteiger partial charge in [0.1, 0.15) is 0 Å². The maximum absolute atomic E-state index is 10.7. The first-order valence-corrected chi connectivity index (χ1v) is 4.76. The fourth-order valence-electron chi connectivity index (χ4n) is 1.67. The Morgan fingerprint density at radius 3 is 2.71 bits per heavy atom. The molecule has 0 aromatic heterocycles. The zero-order valence-electron chi connectivity index (χ0n) is 7.93. The van der Waals surface area contributed by atoms with E-state index in [-0.39, 0.29) is 18.8 Å². The molecule has 1 heterocycles. The van der Waals surface area contributed by atoms with Crippen LogP contribution in [0.3, 0.4) is 0 Å². The minimum absolute atomic E-state index is 0.131. The second-order valence-corrected chi connectivity index (χ2v) is 3.73. The Hall–Kier alpha value is -0.585. The first-order chi connectivity index (χ1) is 6.59. The minimum atomic E-state index is -1.31. The van der Waals surface area contributed by atoms with Crippen LogP contribution in [0, 0.1) is 11.8 Å². The van der Waals surface area contributed by atoms with E-state index in [0.717, 1.165) is 0 Å². The van der Waals surface area contributed by atoms with E-state index < -0.39 is 19.0 Å². The van der Waals surface area contributed by atoms with Crippen molar-refractivity contribution in [2.75, 3.05) is 13.2 Å². The fraction of sp³-hybridized carbons (Fsp3) is 0.875. The number of ether oxygens (including phenoxy) is 1. The van der Waals surface area contributed by atoms with E-state index in [1.807, 2.05) is 0 Å². The highest BCUT2D eigenvalue weighted by atomic mass is 16.5. The first-order valence-electron chi connectivity index (χ1n) is 4.76. The normalized spacial score (nSPS) is 27.3. The molecule has 0 aromatic rings. The highest BCUT2D eigenvalue weighted by Gasteiger charge is 2.28. The number of hydrogen-bond donors (Lipinski definition) is 3. The van der Waals surface area contributed by atoms with Gasteiger partial charge in [-0.1, -0.05) is 0 Å². The van der Waals surface area contributed by atoms with Gasteiger partial charge >= 0.3 is 13.1 Å². The van der Waals surface area contributed by atoms with Gasteiger partial charge in [-0.3, -0.25) is 4.79 Å². The van der Waals surface area contributed by atoms with Crippen molar-refractivity contribution in [2.45, 2.75) is 19.2 Å². The van der Waals surface area contributed by atoms with Gasteiger partial charge < -0.3 is 19.9 Å². The van der Waals surface area contributed by atoms with Crippen molar-refractivity contribution in [3.8, 4) is 0 Å². The lowest BCUT2D eigenvalue weighted by molar-refractivity contribution is -0.147. The molecule has 80 valence electrons. The number of carboxylic acids is 1. The highest BCUT2D eigenvalue weighted by Crippen LogP contribution is 2.24. The van der Waals surface area contributed by atoms with Gasteiger partial charge in [0.25, 0.3) is 0 Å². The summed E-state index contributed by atoms with van der Waals surface area (Å²) in [6.45, 7) is 0.796. The zero-order chi connectivity index (χ0) is 10.6. The molecule has 0 bridgehead atoms. The van der Waals surface area contributed by atoms with E-state index in [2.05, 4.69) is 0 Å². The molecule has 6 heteroatoms. The van der Waals surface area contributed by atoms with E-state index in [9.17, 15) is 4.79 Å². The van der Waals surface area contributed by atoms with Crippen LogP contribution in [0.2, 0.25) is 6.32 Å². The van der Waals surface area contributed by atoms with Gasteiger partial charge in [-0.05, 0) is 25.1 Å². The molecule has 1 aliphatic rings. The Labute approximate surface area is 82.8 Å². The van der Waals surface area contributed by atoms with Gasteiger partial charge in [0.2, 0.25) is 0 Å². The minimum Gasteiger partial charge on any atom is -0.481 e. The van der Waals surface area contributed by atoms with Crippen LogP contribution in [0.5, 0.6) is 0 Å². The molecule has 2 atom stereocenters. The molecule has 0 aromatic carbocycles. The molecular formula is C8H15BO5. The van der Waals surface area contributed by atoms with E-state index >= 15 is 0 Å². The van der Waals surface area contributed by atoms with Crippen molar-refractivity contribution in [3.63, 3.8) is 0 Å². The van der Waals surface area contributed by atoms with Gasteiger partial charge in [-0.25, -0.2) is 0 Å². The highest BCUT2D eigenvalue weighted by molar-refractivity contribution is 6.40. The van der Waals surface area contributed by atoms with E-state index in [1.165, 1.54) is 0 Å². The lowest BCUT2D eigenvalue weighted by Gasteiger charge is -2.26. The van der Waals surface area contributed by atoms with Crippen LogP contribution in [0.25, 0.3) is 0 Å². The summed E-state index contributed by atoms with van der Waals surface area (Å²) in [6.07, 6.45) is 1.45. The van der Waals surface area contributed by atoms with Crippen LogP contribution in [0.4, 0.5) is 0 Å². The second kappa shape index (κ2) is 5.33. The Bertz CT molecular complexity index is 196. The van der Waals surface area contributed by atoms with Crippen molar-refractivity contribution in [1.29, 1.82) is 0 Å². The lowest BCUT2D eigenvalue weighted by Crippen LogP contribution is -2.31. The van der Waals surface area contributed by atoms with Crippen LogP contribution in [-0.4, -0.2) is 41.5 Å². The largest absolute Gasteiger partial charge is 0.481 e. The monoisotopic (exact) mass is 202 g/mol. The molecule has 5 nitrogen and oxygen atoms in total. The summed E-state index contributed by atoms with van der Waals surface area (Å²) in [4.78, 5) is 10.7. The SMILES string of the molecule is O=C(O)[C@@H]1COC[C@@H](CCB(O)O)C1. The van der Waals surface area contributed by atoms with Gasteiger partial charge in [0, 0.05) is 6.61 Å². The van der Waals surface area contributed by atoms with E-state index in [4.69, 9.17) is 19.9 Å². The first kappa shape index (κ1) is 11.5. The van der Waals surface area contributed by atoms with Gasteiger partial charge in [0.05, 0.1) is 12.5 Å². The van der Waals surface area contributed by atoms with Crippen LogP contribution in [-0.2, 0) is 9.53 Å². The van der Waals surface area contributed by atoms with Gasteiger partial charge in [-0.2, -0.15) is 0 Å². The summed E-state index contributed by atoms with van der Waals surface area (Å²) in [5.41, 5.74) is 0. The lowest BCUT2D eigenvalue weighted by atomic mass is 9.78. The smallest absolute Gasteiger partial charge is 0.451 e. The average molecular weight is 202 g/mol. The van der Waals surface area contributed by atoms with Gasteiger partial charge in [-0.15, -0.1) is 0 Å². The van der Waals surface area contributed by atoms with Crippen molar-refractivity contribution < 1.29 is 24.7 Å². The topological polar surface area (TPSA) is 87.0 Å². The van der Waals surface area contributed by atoms with Crippen LogP contribution >= 0.6 is 0 Å². The number of carbonyl (C=O) groups is 1. The van der Waals surface area contributed by atoms with Crippen LogP contribution in [0.15, 0.2) is 0 Å². The van der Waals surface area contributed by atoms with E-state index in [1.54, 1.807) is 0 Å². The molecule has 0 saturated carbocycles. The van der Waals surface area contributed by atoms with Crippen molar-refractivity contribution in [1.82, 2.24) is 0 Å².